The van der Waals surface area contributed by atoms with E-state index in [1.165, 1.54) is 11.2 Å². The second kappa shape index (κ2) is 10.5. The van der Waals surface area contributed by atoms with E-state index in [0.29, 0.717) is 12.6 Å². The Hall–Kier alpha value is -2.75. The summed E-state index contributed by atoms with van der Waals surface area (Å²) in [6.07, 6.45) is 1.77. The molecule has 1 aliphatic rings. The van der Waals surface area contributed by atoms with Gasteiger partial charge in [-0.15, -0.1) is 11.3 Å². The Balaban J connectivity index is 1.36. The first-order valence-corrected chi connectivity index (χ1v) is 11.4. The molecule has 2 atom stereocenters. The molecule has 164 valence electrons. The van der Waals surface area contributed by atoms with E-state index in [4.69, 9.17) is 4.74 Å². The average molecular weight is 440 g/mol. The monoisotopic (exact) mass is 439 g/mol. The fraction of sp³-hybridized carbons (Fsp3) is 0.409. The van der Waals surface area contributed by atoms with Crippen LogP contribution in [0.5, 0.6) is 0 Å². The second-order valence-electron chi connectivity index (χ2n) is 7.55. The van der Waals surface area contributed by atoms with Crippen LogP contribution >= 0.6 is 11.3 Å². The number of guanidine groups is 1. The summed E-state index contributed by atoms with van der Waals surface area (Å²) >= 11 is 1.80. The summed E-state index contributed by atoms with van der Waals surface area (Å²) < 4.78 is 5.74. The molecule has 1 fully saturated rings. The fourth-order valence-corrected chi connectivity index (χ4v) is 4.65. The Labute approximate surface area is 186 Å². The van der Waals surface area contributed by atoms with Gasteiger partial charge in [0, 0.05) is 43.7 Å². The third-order valence-electron chi connectivity index (χ3n) is 5.35. The number of aromatic nitrogens is 3. The van der Waals surface area contributed by atoms with Crippen molar-refractivity contribution in [3.63, 3.8) is 0 Å². The lowest BCUT2D eigenvalue weighted by atomic mass is 10.1. The summed E-state index contributed by atoms with van der Waals surface area (Å²) in [7, 11) is 1.80. The number of nitrogens with one attached hydrogen (secondary N) is 3. The van der Waals surface area contributed by atoms with Crippen LogP contribution in [-0.2, 0) is 11.3 Å². The summed E-state index contributed by atoms with van der Waals surface area (Å²) in [6.45, 7) is 6.24. The van der Waals surface area contributed by atoms with Gasteiger partial charge in [0.2, 0.25) is 0 Å². The normalized spacial score (nSPS) is 18.6. The molecule has 3 aromatic rings. The topological polar surface area (TPSA) is 90.5 Å². The molecule has 0 bridgehead atoms. The van der Waals surface area contributed by atoms with Gasteiger partial charge in [-0.05, 0) is 30.0 Å². The molecule has 0 spiro atoms. The lowest BCUT2D eigenvalue weighted by Crippen LogP contribution is -2.47. The Morgan fingerprint density at radius 3 is 3.03 bits per heavy atom. The summed E-state index contributed by atoms with van der Waals surface area (Å²) in [5.41, 5.74) is 2.16. The second-order valence-corrected chi connectivity index (χ2v) is 8.53. The number of morpholine rings is 1. The van der Waals surface area contributed by atoms with Gasteiger partial charge in [-0.2, -0.15) is 5.10 Å². The van der Waals surface area contributed by atoms with E-state index in [1.54, 1.807) is 18.4 Å². The van der Waals surface area contributed by atoms with Crippen LogP contribution in [0.2, 0.25) is 0 Å². The van der Waals surface area contributed by atoms with Crippen molar-refractivity contribution in [3.8, 4) is 11.4 Å². The van der Waals surface area contributed by atoms with Gasteiger partial charge in [0.1, 0.15) is 6.33 Å². The SMILES string of the molecule is CN=C(NCc1cccc(-c2ncn[nH]2)c1)NCC(c1cccs1)N1CCOC(C)C1. The highest BCUT2D eigenvalue weighted by Gasteiger charge is 2.26. The molecular weight excluding hydrogens is 410 g/mol. The first kappa shape index (κ1) is 21.5. The molecule has 4 rings (SSSR count). The van der Waals surface area contributed by atoms with Gasteiger partial charge in [-0.1, -0.05) is 24.3 Å². The highest BCUT2D eigenvalue weighted by atomic mass is 32.1. The van der Waals surface area contributed by atoms with Crippen molar-refractivity contribution in [3.05, 3.63) is 58.5 Å². The average Bonchev–Trinajstić information content (AvgIpc) is 3.51. The third kappa shape index (κ3) is 5.69. The first-order chi connectivity index (χ1) is 15.2. The van der Waals surface area contributed by atoms with Crippen LogP contribution in [-0.4, -0.2) is 65.4 Å². The molecule has 3 heterocycles. The van der Waals surface area contributed by atoms with Crippen molar-refractivity contribution in [2.45, 2.75) is 25.6 Å². The van der Waals surface area contributed by atoms with Gasteiger partial charge >= 0.3 is 0 Å². The third-order valence-corrected chi connectivity index (χ3v) is 6.32. The van der Waals surface area contributed by atoms with Crippen molar-refractivity contribution >= 4 is 17.3 Å². The molecular formula is C22H29N7OS. The highest BCUT2D eigenvalue weighted by molar-refractivity contribution is 7.10. The number of aliphatic imine (C=N–C) groups is 1. The quantitative estimate of drug-likeness (QED) is 0.387. The predicted octanol–water partition coefficient (Wildman–Crippen LogP) is 2.66. The van der Waals surface area contributed by atoms with E-state index in [0.717, 1.165) is 49.2 Å². The van der Waals surface area contributed by atoms with E-state index in [-0.39, 0.29) is 6.10 Å². The number of aromatic amines is 1. The summed E-state index contributed by atoms with van der Waals surface area (Å²) in [4.78, 5) is 12.5. The minimum Gasteiger partial charge on any atom is -0.376 e. The van der Waals surface area contributed by atoms with Crippen LogP contribution in [0.3, 0.4) is 0 Å². The van der Waals surface area contributed by atoms with Crippen LogP contribution < -0.4 is 10.6 Å². The van der Waals surface area contributed by atoms with Crippen molar-refractivity contribution in [2.24, 2.45) is 4.99 Å². The number of hydrogen-bond acceptors (Lipinski definition) is 6. The van der Waals surface area contributed by atoms with Gasteiger partial charge in [-0.25, -0.2) is 4.98 Å². The van der Waals surface area contributed by atoms with Crippen molar-refractivity contribution < 1.29 is 4.74 Å². The largest absolute Gasteiger partial charge is 0.376 e. The minimum atomic E-state index is 0.255. The number of nitrogens with zero attached hydrogens (tertiary/aromatic N) is 4. The molecule has 0 amide bonds. The lowest BCUT2D eigenvalue weighted by molar-refractivity contribution is -0.0334. The van der Waals surface area contributed by atoms with Crippen LogP contribution in [0, 0.1) is 0 Å². The molecule has 2 unspecified atom stereocenters. The van der Waals surface area contributed by atoms with E-state index < -0.39 is 0 Å². The molecule has 1 aliphatic heterocycles. The molecule has 0 radical (unpaired) electrons. The zero-order valence-corrected chi connectivity index (χ0v) is 18.7. The molecule has 9 heteroatoms. The number of rotatable bonds is 7. The maximum atomic E-state index is 5.74. The number of benzene rings is 1. The molecule has 3 N–H and O–H groups in total. The summed E-state index contributed by atoms with van der Waals surface area (Å²) in [6, 6.07) is 12.9. The maximum Gasteiger partial charge on any atom is 0.191 e. The smallest absolute Gasteiger partial charge is 0.191 e. The number of thiophene rings is 1. The first-order valence-electron chi connectivity index (χ1n) is 10.5. The Kier molecular flexibility index (Phi) is 7.29. The van der Waals surface area contributed by atoms with Crippen molar-refractivity contribution in [2.75, 3.05) is 33.3 Å². The van der Waals surface area contributed by atoms with Crippen LogP contribution in [0.1, 0.15) is 23.4 Å². The van der Waals surface area contributed by atoms with Gasteiger partial charge in [0.15, 0.2) is 11.8 Å². The lowest BCUT2D eigenvalue weighted by Gasteiger charge is -2.37. The molecule has 0 saturated carbocycles. The molecule has 1 saturated heterocycles. The number of ether oxygens (including phenoxy) is 1. The zero-order chi connectivity index (χ0) is 21.5. The van der Waals surface area contributed by atoms with Gasteiger partial charge in [0.05, 0.1) is 18.8 Å². The summed E-state index contributed by atoms with van der Waals surface area (Å²) in [5, 5.41) is 15.9. The van der Waals surface area contributed by atoms with Gasteiger partial charge in [-0.3, -0.25) is 15.0 Å². The molecule has 8 nitrogen and oxygen atoms in total. The molecule has 31 heavy (non-hydrogen) atoms. The molecule has 2 aromatic heterocycles. The van der Waals surface area contributed by atoms with Gasteiger partial charge < -0.3 is 15.4 Å². The van der Waals surface area contributed by atoms with Crippen molar-refractivity contribution in [1.82, 2.24) is 30.7 Å². The summed E-state index contributed by atoms with van der Waals surface area (Å²) in [5.74, 6) is 1.55. The number of hydrogen-bond donors (Lipinski definition) is 3. The number of H-pyrrole nitrogens is 1. The Bertz CT molecular complexity index is 958. The van der Waals surface area contributed by atoms with Gasteiger partial charge in [0.25, 0.3) is 0 Å². The predicted molar refractivity (Wildman–Crippen MR) is 124 cm³/mol. The van der Waals surface area contributed by atoms with Crippen molar-refractivity contribution in [1.29, 1.82) is 0 Å². The Morgan fingerprint density at radius 1 is 1.35 bits per heavy atom. The van der Waals surface area contributed by atoms with E-state index in [2.05, 4.69) is 72.3 Å². The van der Waals surface area contributed by atoms with E-state index >= 15 is 0 Å². The molecule has 1 aromatic carbocycles. The Morgan fingerprint density at radius 2 is 2.29 bits per heavy atom. The highest BCUT2D eigenvalue weighted by Crippen LogP contribution is 2.26. The molecule has 0 aliphatic carbocycles. The zero-order valence-electron chi connectivity index (χ0n) is 17.9. The fourth-order valence-electron chi connectivity index (χ4n) is 3.79. The van der Waals surface area contributed by atoms with Crippen LogP contribution in [0.15, 0.2) is 53.1 Å². The van der Waals surface area contributed by atoms with Crippen LogP contribution in [0.4, 0.5) is 0 Å². The van der Waals surface area contributed by atoms with Crippen LogP contribution in [0.25, 0.3) is 11.4 Å². The minimum absolute atomic E-state index is 0.255. The van der Waals surface area contributed by atoms with E-state index in [9.17, 15) is 0 Å². The standard InChI is InChI=1S/C22H29N7OS/c1-16-14-29(8-9-30-16)19(20-7-4-10-31-20)13-25-22(23-2)24-12-17-5-3-6-18(11-17)21-26-15-27-28-21/h3-7,10-11,15-16,19H,8-9,12-14H2,1-2H3,(H2,23,24,25)(H,26,27,28). The van der Waals surface area contributed by atoms with E-state index in [1.807, 2.05) is 12.1 Å². The maximum absolute atomic E-state index is 5.74.